The molecule has 1 aromatic rings. The summed E-state index contributed by atoms with van der Waals surface area (Å²) in [5, 5.41) is 3.33. The van der Waals surface area contributed by atoms with Gasteiger partial charge in [0.25, 0.3) is 0 Å². The van der Waals surface area contributed by atoms with Crippen LogP contribution in [-0.2, 0) is 16.0 Å². The van der Waals surface area contributed by atoms with Crippen molar-refractivity contribution in [2.45, 2.75) is 31.8 Å². The third-order valence-corrected chi connectivity index (χ3v) is 3.55. The first-order valence-electron chi connectivity index (χ1n) is 6.67. The molecule has 19 heavy (non-hydrogen) atoms. The van der Waals surface area contributed by atoms with E-state index in [1.807, 2.05) is 24.3 Å². The number of hydrogen-bond donors (Lipinski definition) is 1. The molecule has 1 N–H and O–H groups in total. The SMILES string of the molecule is COC(=O)Cc1ccccc1OC1(C)CCNCC1. The predicted molar refractivity (Wildman–Crippen MR) is 73.3 cm³/mol. The van der Waals surface area contributed by atoms with Crippen LogP contribution in [0.2, 0.25) is 0 Å². The van der Waals surface area contributed by atoms with Gasteiger partial charge in [-0.05, 0) is 38.9 Å². The number of benzene rings is 1. The molecule has 4 heteroatoms. The van der Waals surface area contributed by atoms with Crippen LogP contribution in [0.3, 0.4) is 0 Å². The fraction of sp³-hybridized carbons (Fsp3) is 0.533. The van der Waals surface area contributed by atoms with Gasteiger partial charge < -0.3 is 14.8 Å². The van der Waals surface area contributed by atoms with Crippen LogP contribution in [0.5, 0.6) is 5.75 Å². The molecule has 1 heterocycles. The van der Waals surface area contributed by atoms with Crippen molar-refractivity contribution in [2.24, 2.45) is 0 Å². The molecule has 0 saturated carbocycles. The largest absolute Gasteiger partial charge is 0.487 e. The second-order valence-corrected chi connectivity index (χ2v) is 5.16. The number of ether oxygens (including phenoxy) is 2. The Hall–Kier alpha value is -1.55. The van der Waals surface area contributed by atoms with Gasteiger partial charge in [-0.15, -0.1) is 0 Å². The van der Waals surface area contributed by atoms with Gasteiger partial charge in [-0.2, -0.15) is 0 Å². The highest BCUT2D eigenvalue weighted by Crippen LogP contribution is 2.28. The van der Waals surface area contributed by atoms with E-state index >= 15 is 0 Å². The standard InChI is InChI=1S/C15H21NO3/c1-15(7-9-16-10-8-15)19-13-6-4-3-5-12(13)11-14(17)18-2/h3-6,16H,7-11H2,1-2H3. The van der Waals surface area contributed by atoms with Gasteiger partial charge in [0.1, 0.15) is 11.4 Å². The summed E-state index contributed by atoms with van der Waals surface area (Å²) in [5.74, 6) is 0.545. The van der Waals surface area contributed by atoms with Crippen molar-refractivity contribution in [3.63, 3.8) is 0 Å². The van der Waals surface area contributed by atoms with Crippen LogP contribution in [-0.4, -0.2) is 31.8 Å². The maximum absolute atomic E-state index is 11.4. The van der Waals surface area contributed by atoms with E-state index in [4.69, 9.17) is 9.47 Å². The highest BCUT2D eigenvalue weighted by atomic mass is 16.5. The van der Waals surface area contributed by atoms with Crippen LogP contribution in [0.4, 0.5) is 0 Å². The molecule has 1 saturated heterocycles. The first-order chi connectivity index (χ1) is 9.13. The molecule has 1 aliphatic heterocycles. The van der Waals surface area contributed by atoms with E-state index in [0.29, 0.717) is 0 Å². The quantitative estimate of drug-likeness (QED) is 0.843. The van der Waals surface area contributed by atoms with E-state index in [9.17, 15) is 4.79 Å². The number of carbonyl (C=O) groups is 1. The molecule has 0 amide bonds. The molecule has 0 aliphatic carbocycles. The zero-order valence-electron chi connectivity index (χ0n) is 11.6. The summed E-state index contributed by atoms with van der Waals surface area (Å²) in [5.41, 5.74) is 0.728. The van der Waals surface area contributed by atoms with Gasteiger partial charge >= 0.3 is 5.97 Å². The number of nitrogens with one attached hydrogen (secondary N) is 1. The number of methoxy groups -OCH3 is 1. The van der Waals surface area contributed by atoms with Crippen LogP contribution in [0.15, 0.2) is 24.3 Å². The summed E-state index contributed by atoms with van der Waals surface area (Å²) in [6.45, 7) is 4.06. The number of piperidine rings is 1. The normalized spacial score (nSPS) is 17.8. The molecule has 0 unspecified atom stereocenters. The molecular weight excluding hydrogens is 242 g/mol. The van der Waals surface area contributed by atoms with Gasteiger partial charge in [-0.1, -0.05) is 18.2 Å². The number of esters is 1. The summed E-state index contributed by atoms with van der Waals surface area (Å²) in [4.78, 5) is 11.4. The second kappa shape index (κ2) is 6.06. The Morgan fingerprint density at radius 1 is 1.32 bits per heavy atom. The van der Waals surface area contributed by atoms with Crippen molar-refractivity contribution in [1.29, 1.82) is 0 Å². The minimum absolute atomic E-state index is 0.155. The molecule has 1 fully saturated rings. The Labute approximate surface area is 114 Å². The third-order valence-electron chi connectivity index (χ3n) is 3.55. The molecule has 0 atom stereocenters. The molecule has 1 aromatic carbocycles. The summed E-state index contributed by atoms with van der Waals surface area (Å²) in [6.07, 6.45) is 2.19. The summed E-state index contributed by atoms with van der Waals surface area (Å²) >= 11 is 0. The Bertz CT molecular complexity index is 439. The Morgan fingerprint density at radius 2 is 2.00 bits per heavy atom. The van der Waals surface area contributed by atoms with Crippen LogP contribution in [0.25, 0.3) is 0 Å². The molecule has 1 aliphatic rings. The molecule has 104 valence electrons. The minimum atomic E-state index is -0.244. The lowest BCUT2D eigenvalue weighted by Crippen LogP contribution is -2.44. The van der Waals surface area contributed by atoms with Crippen LogP contribution >= 0.6 is 0 Å². The highest BCUT2D eigenvalue weighted by molar-refractivity contribution is 5.73. The van der Waals surface area contributed by atoms with Gasteiger partial charge in [0.05, 0.1) is 13.5 Å². The predicted octanol–water partition coefficient (Wildman–Crippen LogP) is 1.92. The summed E-state index contributed by atoms with van der Waals surface area (Å²) in [6, 6.07) is 7.68. The summed E-state index contributed by atoms with van der Waals surface area (Å²) in [7, 11) is 1.40. The monoisotopic (exact) mass is 263 g/mol. The van der Waals surface area contributed by atoms with Gasteiger partial charge in [0.2, 0.25) is 0 Å². The molecule has 4 nitrogen and oxygen atoms in total. The Kier molecular flexibility index (Phi) is 4.43. The lowest BCUT2D eigenvalue weighted by atomic mass is 9.94. The Morgan fingerprint density at radius 3 is 2.68 bits per heavy atom. The fourth-order valence-corrected chi connectivity index (χ4v) is 2.30. The minimum Gasteiger partial charge on any atom is -0.487 e. The van der Waals surface area contributed by atoms with E-state index in [2.05, 4.69) is 12.2 Å². The fourth-order valence-electron chi connectivity index (χ4n) is 2.30. The average molecular weight is 263 g/mol. The second-order valence-electron chi connectivity index (χ2n) is 5.16. The van der Waals surface area contributed by atoms with Gasteiger partial charge in [-0.3, -0.25) is 4.79 Å². The van der Waals surface area contributed by atoms with Gasteiger partial charge in [-0.25, -0.2) is 0 Å². The Balaban J connectivity index is 2.12. The molecular formula is C15H21NO3. The number of para-hydroxylation sites is 1. The van der Waals surface area contributed by atoms with Crippen LogP contribution in [0.1, 0.15) is 25.3 Å². The smallest absolute Gasteiger partial charge is 0.310 e. The lowest BCUT2D eigenvalue weighted by molar-refractivity contribution is -0.139. The van der Waals surface area contributed by atoms with Crippen molar-refractivity contribution in [2.75, 3.05) is 20.2 Å². The van der Waals surface area contributed by atoms with Crippen molar-refractivity contribution >= 4 is 5.97 Å². The molecule has 0 bridgehead atoms. The van der Waals surface area contributed by atoms with Crippen LogP contribution in [0, 0.1) is 0 Å². The lowest BCUT2D eigenvalue weighted by Gasteiger charge is -2.35. The molecule has 0 radical (unpaired) electrons. The van der Waals surface area contributed by atoms with Crippen molar-refractivity contribution in [3.8, 4) is 5.75 Å². The van der Waals surface area contributed by atoms with Crippen molar-refractivity contribution in [1.82, 2.24) is 5.32 Å². The van der Waals surface area contributed by atoms with Crippen molar-refractivity contribution < 1.29 is 14.3 Å². The molecule has 0 spiro atoms. The van der Waals surface area contributed by atoms with Crippen LogP contribution < -0.4 is 10.1 Å². The zero-order valence-corrected chi connectivity index (χ0v) is 11.6. The number of carbonyl (C=O) groups excluding carboxylic acids is 1. The van der Waals surface area contributed by atoms with E-state index in [1.165, 1.54) is 7.11 Å². The van der Waals surface area contributed by atoms with E-state index in [-0.39, 0.29) is 18.0 Å². The number of hydrogen-bond acceptors (Lipinski definition) is 4. The van der Waals surface area contributed by atoms with Crippen molar-refractivity contribution in [3.05, 3.63) is 29.8 Å². The third kappa shape index (κ3) is 3.70. The zero-order chi connectivity index (χ0) is 13.7. The van der Waals surface area contributed by atoms with Gasteiger partial charge in [0, 0.05) is 5.56 Å². The maximum atomic E-state index is 11.4. The molecule has 2 rings (SSSR count). The van der Waals surface area contributed by atoms with E-state index in [0.717, 1.165) is 37.2 Å². The maximum Gasteiger partial charge on any atom is 0.310 e. The topological polar surface area (TPSA) is 47.6 Å². The highest BCUT2D eigenvalue weighted by Gasteiger charge is 2.29. The van der Waals surface area contributed by atoms with E-state index in [1.54, 1.807) is 0 Å². The van der Waals surface area contributed by atoms with Gasteiger partial charge in [0.15, 0.2) is 0 Å². The van der Waals surface area contributed by atoms with E-state index < -0.39 is 0 Å². The average Bonchev–Trinajstić information content (AvgIpc) is 2.41. The molecule has 0 aromatic heterocycles. The summed E-state index contributed by atoms with van der Waals surface area (Å²) < 4.78 is 10.9. The number of rotatable bonds is 4. The first kappa shape index (κ1) is 13.9. The first-order valence-corrected chi connectivity index (χ1v) is 6.67.